The average Bonchev–Trinajstić information content (AvgIpc) is 3.77. The molecule has 1 aliphatic heterocycles. The molecule has 1 unspecified atom stereocenters. The first-order valence-electron chi connectivity index (χ1n) is 30.5. The molecule has 1 aliphatic rings. The molecule has 1 fully saturated rings. The van der Waals surface area contributed by atoms with E-state index in [1.54, 1.807) is 0 Å². The third-order valence-electron chi connectivity index (χ3n) is 15.0. The lowest BCUT2D eigenvalue weighted by molar-refractivity contribution is -0.132. The summed E-state index contributed by atoms with van der Waals surface area (Å²) in [5.41, 5.74) is 0. The van der Waals surface area contributed by atoms with Crippen molar-refractivity contribution in [3.63, 3.8) is 0 Å². The number of nitrogens with zero attached hydrogens (tertiary/aromatic N) is 3. The second-order valence-corrected chi connectivity index (χ2v) is 21.4. The number of unbranched alkanes of at least 4 members (excludes halogenated alkanes) is 36. The zero-order valence-corrected chi connectivity index (χ0v) is 45.9. The van der Waals surface area contributed by atoms with E-state index in [4.69, 9.17) is 4.74 Å². The number of carbonyl (C=O) groups is 2. The monoisotopic (exact) mass is 946 g/mol. The van der Waals surface area contributed by atoms with Crippen LogP contribution in [0.4, 0.5) is 0 Å². The Bertz CT molecular complexity index is 933. The number of aliphatic hydroxyl groups is 1. The molecule has 2 atom stereocenters. The van der Waals surface area contributed by atoms with Gasteiger partial charge in [-0.1, -0.05) is 246 Å². The van der Waals surface area contributed by atoms with E-state index in [1.807, 2.05) is 0 Å². The number of ether oxygens (including phenoxy) is 1. The van der Waals surface area contributed by atoms with E-state index in [1.165, 1.54) is 205 Å². The highest BCUT2D eigenvalue weighted by molar-refractivity contribution is 5.76. The summed E-state index contributed by atoms with van der Waals surface area (Å²) in [6, 6.07) is 0.108. The highest BCUT2D eigenvalue weighted by atomic mass is 16.5. The molecule has 0 aromatic rings. The zero-order chi connectivity index (χ0) is 48.5. The fraction of sp³-hybridized carbons (Fsp3) is 0.967. The van der Waals surface area contributed by atoms with Crippen LogP contribution in [-0.2, 0) is 14.3 Å². The zero-order valence-electron chi connectivity index (χ0n) is 45.9. The van der Waals surface area contributed by atoms with E-state index in [0.29, 0.717) is 37.9 Å². The minimum Gasteiger partial charge on any atom is -0.389 e. The van der Waals surface area contributed by atoms with E-state index >= 15 is 0 Å². The molecular weight excluding hydrogens is 827 g/mol. The van der Waals surface area contributed by atoms with Gasteiger partial charge in [0, 0.05) is 39.0 Å². The SMILES string of the molecule is CCCCCCCCCCN(CCCCCCCCCC)C(=O)CCCCCCCN(CCCCCCCC(=O)N(CCCCCCCCCC)CCCCCCCCCC)C1COC[C@H]1O. The topological polar surface area (TPSA) is 73.3 Å². The van der Waals surface area contributed by atoms with Crippen LogP contribution in [0, 0.1) is 0 Å². The molecule has 0 spiro atoms. The van der Waals surface area contributed by atoms with E-state index in [9.17, 15) is 14.7 Å². The molecule has 0 saturated carbocycles. The summed E-state index contributed by atoms with van der Waals surface area (Å²) >= 11 is 0. The summed E-state index contributed by atoms with van der Waals surface area (Å²) in [6.45, 7) is 16.1. The van der Waals surface area contributed by atoms with Gasteiger partial charge in [-0.2, -0.15) is 0 Å². The maximum absolute atomic E-state index is 13.4. The van der Waals surface area contributed by atoms with Gasteiger partial charge in [-0.05, 0) is 64.5 Å². The van der Waals surface area contributed by atoms with Crippen LogP contribution >= 0.6 is 0 Å². The third kappa shape index (κ3) is 39.2. The molecule has 1 N–H and O–H groups in total. The highest BCUT2D eigenvalue weighted by Gasteiger charge is 2.31. The van der Waals surface area contributed by atoms with E-state index in [2.05, 4.69) is 42.4 Å². The highest BCUT2D eigenvalue weighted by Crippen LogP contribution is 2.19. The molecular formula is C60H119N3O4. The first-order chi connectivity index (χ1) is 33.0. The van der Waals surface area contributed by atoms with Crippen molar-refractivity contribution < 1.29 is 19.4 Å². The van der Waals surface area contributed by atoms with Gasteiger partial charge in [0.25, 0.3) is 0 Å². The first-order valence-corrected chi connectivity index (χ1v) is 30.5. The minimum absolute atomic E-state index is 0.108. The Labute approximate surface area is 419 Å². The summed E-state index contributed by atoms with van der Waals surface area (Å²) in [6.07, 6.45) is 54.2. The van der Waals surface area contributed by atoms with Crippen LogP contribution in [0.25, 0.3) is 0 Å². The third-order valence-corrected chi connectivity index (χ3v) is 15.0. The number of amides is 2. The Kier molecular flexibility index (Phi) is 47.4. The summed E-state index contributed by atoms with van der Waals surface area (Å²) in [4.78, 5) is 33.9. The van der Waals surface area contributed by atoms with Crippen LogP contribution in [0.3, 0.4) is 0 Å². The van der Waals surface area contributed by atoms with Crippen molar-refractivity contribution in [3.8, 4) is 0 Å². The predicted octanol–water partition coefficient (Wildman–Crippen LogP) is 16.9. The number of aliphatic hydroxyl groups excluding tert-OH is 1. The van der Waals surface area contributed by atoms with Gasteiger partial charge in [0.15, 0.2) is 0 Å². The lowest BCUT2D eigenvalue weighted by Crippen LogP contribution is -2.44. The van der Waals surface area contributed by atoms with Crippen molar-refractivity contribution in [1.82, 2.24) is 14.7 Å². The van der Waals surface area contributed by atoms with Crippen molar-refractivity contribution in [3.05, 3.63) is 0 Å². The van der Waals surface area contributed by atoms with Crippen LogP contribution in [0.1, 0.15) is 310 Å². The van der Waals surface area contributed by atoms with E-state index < -0.39 is 6.10 Å². The summed E-state index contributed by atoms with van der Waals surface area (Å²) < 4.78 is 5.71. The molecule has 2 amide bonds. The van der Waals surface area contributed by atoms with Crippen molar-refractivity contribution in [2.75, 3.05) is 52.5 Å². The molecule has 0 bridgehead atoms. The summed E-state index contributed by atoms with van der Waals surface area (Å²) in [5, 5.41) is 10.7. The maximum Gasteiger partial charge on any atom is 0.222 e. The lowest BCUT2D eigenvalue weighted by Gasteiger charge is -2.30. The van der Waals surface area contributed by atoms with E-state index in [0.717, 1.165) is 103 Å². The number of hydrogen-bond donors (Lipinski definition) is 1. The smallest absolute Gasteiger partial charge is 0.222 e. The lowest BCUT2D eigenvalue weighted by atomic mass is 10.1. The predicted molar refractivity (Wildman–Crippen MR) is 291 cm³/mol. The van der Waals surface area contributed by atoms with Gasteiger partial charge in [0.1, 0.15) is 0 Å². The van der Waals surface area contributed by atoms with Crippen molar-refractivity contribution in [2.45, 2.75) is 322 Å². The fourth-order valence-electron chi connectivity index (χ4n) is 10.4. The molecule has 67 heavy (non-hydrogen) atoms. The molecule has 0 radical (unpaired) electrons. The Balaban J connectivity index is 2.41. The van der Waals surface area contributed by atoms with Gasteiger partial charge in [-0.15, -0.1) is 0 Å². The van der Waals surface area contributed by atoms with Gasteiger partial charge in [-0.25, -0.2) is 0 Å². The molecule has 0 aliphatic carbocycles. The maximum atomic E-state index is 13.4. The second kappa shape index (κ2) is 49.8. The van der Waals surface area contributed by atoms with Crippen LogP contribution < -0.4 is 0 Å². The molecule has 7 nitrogen and oxygen atoms in total. The molecule has 0 aromatic carbocycles. The van der Waals surface area contributed by atoms with Crippen LogP contribution in [0.5, 0.6) is 0 Å². The van der Waals surface area contributed by atoms with Gasteiger partial charge in [0.05, 0.1) is 25.4 Å². The van der Waals surface area contributed by atoms with Crippen molar-refractivity contribution in [1.29, 1.82) is 0 Å². The summed E-state index contributed by atoms with van der Waals surface area (Å²) in [5.74, 6) is 0.785. The Morgan fingerprint density at radius 3 is 0.836 bits per heavy atom. The fourth-order valence-corrected chi connectivity index (χ4v) is 10.4. The molecule has 1 saturated heterocycles. The van der Waals surface area contributed by atoms with Crippen LogP contribution in [-0.4, -0.2) is 96.2 Å². The molecule has 1 rings (SSSR count). The first kappa shape index (κ1) is 63.8. The standard InChI is InChI=1S/C60H119N3O4/c1-5-9-13-17-21-25-33-43-51-62(52-44-34-26-22-18-14-10-6-2)59(65)47-39-31-29-37-41-49-61(57-55-67-56-58(57)64)50-42-38-30-32-40-48-60(66)63(53-45-35-27-23-19-15-11-7-3)54-46-36-28-24-20-16-12-8-4/h57-58,64H,5-56H2,1-4H3/t57?,58-/m1/s1. The average molecular weight is 947 g/mol. The van der Waals surface area contributed by atoms with Gasteiger partial charge in [-0.3, -0.25) is 14.5 Å². The molecule has 398 valence electrons. The van der Waals surface area contributed by atoms with Gasteiger partial charge >= 0.3 is 0 Å². The van der Waals surface area contributed by atoms with Crippen molar-refractivity contribution in [2.24, 2.45) is 0 Å². The van der Waals surface area contributed by atoms with Crippen LogP contribution in [0.15, 0.2) is 0 Å². The Morgan fingerprint density at radius 2 is 0.582 bits per heavy atom. The largest absolute Gasteiger partial charge is 0.389 e. The minimum atomic E-state index is -0.393. The van der Waals surface area contributed by atoms with Crippen molar-refractivity contribution >= 4 is 11.8 Å². The number of hydrogen-bond acceptors (Lipinski definition) is 5. The van der Waals surface area contributed by atoms with Gasteiger partial charge < -0.3 is 19.6 Å². The Morgan fingerprint density at radius 1 is 0.343 bits per heavy atom. The van der Waals surface area contributed by atoms with Crippen LogP contribution in [0.2, 0.25) is 0 Å². The molecule has 7 heteroatoms. The quantitative estimate of drug-likeness (QED) is 0.0615. The van der Waals surface area contributed by atoms with E-state index in [-0.39, 0.29) is 6.04 Å². The number of carbonyl (C=O) groups excluding carboxylic acids is 2. The molecule has 1 heterocycles. The normalized spacial score (nSPS) is 15.0. The summed E-state index contributed by atoms with van der Waals surface area (Å²) in [7, 11) is 0. The Hall–Kier alpha value is -1.18. The second-order valence-electron chi connectivity index (χ2n) is 21.4. The molecule has 0 aromatic heterocycles. The van der Waals surface area contributed by atoms with Gasteiger partial charge in [0.2, 0.25) is 11.8 Å². The number of rotatable bonds is 53.